The van der Waals surface area contributed by atoms with Gasteiger partial charge in [0, 0.05) is 17.8 Å². The second kappa shape index (κ2) is 6.51. The summed E-state index contributed by atoms with van der Waals surface area (Å²) in [6, 6.07) is 1.09. The summed E-state index contributed by atoms with van der Waals surface area (Å²) in [7, 11) is 2.92. The topological polar surface area (TPSA) is 76.6 Å². The maximum Gasteiger partial charge on any atom is 0.327 e. The molecule has 0 aliphatic carbocycles. The van der Waals surface area contributed by atoms with Gasteiger partial charge in [-0.2, -0.15) is 4.98 Å². The number of amides is 2. The van der Waals surface area contributed by atoms with Gasteiger partial charge in [0.1, 0.15) is 27.4 Å². The monoisotopic (exact) mass is 388 g/mol. The SMILES string of the molecule is COc1cc(OC)c(Cl)c(N2Cc3cnc(Cl)nc3NC2=O)c1Cl. The number of methoxy groups -OCH3 is 2. The Balaban J connectivity index is 2.12. The van der Waals surface area contributed by atoms with Crippen molar-refractivity contribution >= 4 is 52.3 Å². The van der Waals surface area contributed by atoms with Crippen LogP contribution in [0.5, 0.6) is 11.5 Å². The summed E-state index contributed by atoms with van der Waals surface area (Å²) in [6.45, 7) is 0.161. The lowest BCUT2D eigenvalue weighted by molar-refractivity contribution is 0.256. The van der Waals surface area contributed by atoms with Crippen LogP contribution in [0, 0.1) is 0 Å². The Morgan fingerprint density at radius 2 is 1.79 bits per heavy atom. The summed E-state index contributed by atoms with van der Waals surface area (Å²) < 4.78 is 10.4. The third-order valence-electron chi connectivity index (χ3n) is 3.45. The van der Waals surface area contributed by atoms with Gasteiger partial charge in [-0.05, 0) is 11.6 Å². The molecule has 0 saturated carbocycles. The van der Waals surface area contributed by atoms with Gasteiger partial charge >= 0.3 is 6.03 Å². The molecule has 126 valence electrons. The van der Waals surface area contributed by atoms with Gasteiger partial charge in [0.15, 0.2) is 0 Å². The minimum absolute atomic E-state index is 0.0432. The zero-order valence-corrected chi connectivity index (χ0v) is 14.8. The number of rotatable bonds is 3. The fourth-order valence-corrected chi connectivity index (χ4v) is 3.15. The van der Waals surface area contributed by atoms with Crippen molar-refractivity contribution in [3.8, 4) is 11.5 Å². The first-order valence-electron chi connectivity index (χ1n) is 6.66. The summed E-state index contributed by atoms with van der Waals surface area (Å²) in [5, 5.41) is 3.06. The van der Waals surface area contributed by atoms with E-state index in [-0.39, 0.29) is 27.6 Å². The van der Waals surface area contributed by atoms with Gasteiger partial charge < -0.3 is 9.47 Å². The Labute approximate surface area is 152 Å². The predicted molar refractivity (Wildman–Crippen MR) is 91.8 cm³/mol. The standard InChI is InChI=1S/C14H11Cl3N4O3/c1-23-7-3-8(24-2)10(16)11(9(7)15)21-5-6-4-18-13(17)19-12(6)20-14(21)22/h3-4H,5H2,1-2H3,(H,18,19,20,22). The third kappa shape index (κ3) is 2.79. The zero-order chi connectivity index (χ0) is 17.4. The maximum absolute atomic E-state index is 12.5. The lowest BCUT2D eigenvalue weighted by Gasteiger charge is -2.30. The summed E-state index contributed by atoms with van der Waals surface area (Å²) in [5.74, 6) is 1.01. The van der Waals surface area contributed by atoms with Crippen LogP contribution in [0.25, 0.3) is 0 Å². The molecule has 1 N–H and O–H groups in total. The Morgan fingerprint density at radius 1 is 1.17 bits per heavy atom. The fraction of sp³-hybridized carbons (Fsp3) is 0.214. The van der Waals surface area contributed by atoms with E-state index < -0.39 is 6.03 Å². The quantitative estimate of drug-likeness (QED) is 0.803. The van der Waals surface area contributed by atoms with Crippen LogP contribution in [0.4, 0.5) is 16.3 Å². The van der Waals surface area contributed by atoms with E-state index in [0.717, 1.165) is 0 Å². The van der Waals surface area contributed by atoms with Crippen LogP contribution in [0.15, 0.2) is 12.3 Å². The van der Waals surface area contributed by atoms with Crippen LogP contribution >= 0.6 is 34.8 Å². The minimum Gasteiger partial charge on any atom is -0.495 e. The largest absolute Gasteiger partial charge is 0.495 e. The Bertz CT molecular complexity index is 803. The predicted octanol–water partition coefficient (Wildman–Crippen LogP) is 4.01. The highest BCUT2D eigenvalue weighted by Crippen LogP contribution is 2.47. The van der Waals surface area contributed by atoms with Crippen molar-refractivity contribution in [2.75, 3.05) is 24.4 Å². The Morgan fingerprint density at radius 3 is 2.38 bits per heavy atom. The number of carbonyl (C=O) groups is 1. The van der Waals surface area contributed by atoms with E-state index in [1.54, 1.807) is 6.07 Å². The molecule has 0 spiro atoms. The summed E-state index contributed by atoms with van der Waals surface area (Å²) in [5.41, 5.74) is 0.931. The van der Waals surface area contributed by atoms with Crippen molar-refractivity contribution in [2.45, 2.75) is 6.54 Å². The van der Waals surface area contributed by atoms with E-state index in [2.05, 4.69) is 15.3 Å². The Kier molecular flexibility index (Phi) is 4.58. The lowest BCUT2D eigenvalue weighted by atomic mass is 10.2. The number of fused-ring (bicyclic) bond motifs is 1. The van der Waals surface area contributed by atoms with Gasteiger partial charge in [-0.25, -0.2) is 9.78 Å². The molecule has 0 saturated heterocycles. The number of benzene rings is 1. The van der Waals surface area contributed by atoms with Crippen LogP contribution in [-0.2, 0) is 6.54 Å². The first-order chi connectivity index (χ1) is 11.5. The second-order valence-corrected chi connectivity index (χ2v) is 5.88. The van der Waals surface area contributed by atoms with E-state index in [1.165, 1.54) is 25.3 Å². The van der Waals surface area contributed by atoms with Gasteiger partial charge in [0.05, 0.1) is 26.5 Å². The first kappa shape index (κ1) is 16.9. The molecule has 1 aromatic heterocycles. The smallest absolute Gasteiger partial charge is 0.327 e. The highest BCUT2D eigenvalue weighted by molar-refractivity contribution is 6.42. The van der Waals surface area contributed by atoms with Gasteiger partial charge in [0.2, 0.25) is 5.28 Å². The van der Waals surface area contributed by atoms with Crippen molar-refractivity contribution in [1.29, 1.82) is 0 Å². The molecule has 2 amide bonds. The summed E-state index contributed by atoms with van der Waals surface area (Å²) in [6.07, 6.45) is 1.52. The second-order valence-electron chi connectivity index (χ2n) is 4.79. The minimum atomic E-state index is -0.462. The fourth-order valence-electron chi connectivity index (χ4n) is 2.31. The molecule has 3 rings (SSSR count). The lowest BCUT2D eigenvalue weighted by Crippen LogP contribution is -2.39. The Hall–Kier alpha value is -1.96. The van der Waals surface area contributed by atoms with Gasteiger partial charge in [-0.1, -0.05) is 23.2 Å². The van der Waals surface area contributed by atoms with Gasteiger partial charge in [0.25, 0.3) is 0 Å². The van der Waals surface area contributed by atoms with E-state index in [9.17, 15) is 4.79 Å². The number of urea groups is 1. The number of ether oxygens (including phenoxy) is 2. The number of anilines is 2. The number of hydrogen-bond donors (Lipinski definition) is 1. The zero-order valence-electron chi connectivity index (χ0n) is 12.6. The molecule has 0 atom stereocenters. The highest BCUT2D eigenvalue weighted by Gasteiger charge is 2.31. The third-order valence-corrected chi connectivity index (χ3v) is 4.37. The van der Waals surface area contributed by atoms with E-state index in [4.69, 9.17) is 44.3 Å². The van der Waals surface area contributed by atoms with Crippen LogP contribution in [0.3, 0.4) is 0 Å². The van der Waals surface area contributed by atoms with Crippen molar-refractivity contribution in [2.24, 2.45) is 0 Å². The van der Waals surface area contributed by atoms with Crippen LogP contribution in [-0.4, -0.2) is 30.2 Å². The molecule has 0 bridgehead atoms. The molecule has 10 heteroatoms. The molecule has 0 unspecified atom stereocenters. The summed E-state index contributed by atoms with van der Waals surface area (Å²) in [4.78, 5) is 21.7. The summed E-state index contributed by atoms with van der Waals surface area (Å²) >= 11 is 18.5. The number of carbonyl (C=O) groups excluding carboxylic acids is 1. The molecule has 24 heavy (non-hydrogen) atoms. The molecule has 0 fully saturated rings. The number of aromatic nitrogens is 2. The van der Waals surface area contributed by atoms with Crippen LogP contribution in [0.1, 0.15) is 5.56 Å². The normalized spacial score (nSPS) is 13.4. The first-order valence-corrected chi connectivity index (χ1v) is 7.79. The molecule has 1 aliphatic rings. The number of nitrogens with one attached hydrogen (secondary N) is 1. The molecule has 1 aromatic carbocycles. The molecule has 2 aromatic rings. The van der Waals surface area contributed by atoms with Crippen molar-refractivity contribution < 1.29 is 14.3 Å². The molecule has 0 radical (unpaired) electrons. The van der Waals surface area contributed by atoms with Gasteiger partial charge in [-0.15, -0.1) is 0 Å². The molecular weight excluding hydrogens is 379 g/mol. The average Bonchev–Trinajstić information content (AvgIpc) is 2.55. The van der Waals surface area contributed by atoms with E-state index in [1.807, 2.05) is 0 Å². The van der Waals surface area contributed by atoms with Crippen molar-refractivity contribution in [1.82, 2.24) is 9.97 Å². The number of nitrogens with zero attached hydrogens (tertiary/aromatic N) is 3. The van der Waals surface area contributed by atoms with E-state index >= 15 is 0 Å². The van der Waals surface area contributed by atoms with Crippen LogP contribution < -0.4 is 19.7 Å². The van der Waals surface area contributed by atoms with Crippen molar-refractivity contribution in [3.63, 3.8) is 0 Å². The van der Waals surface area contributed by atoms with Gasteiger partial charge in [-0.3, -0.25) is 10.2 Å². The number of halogens is 3. The maximum atomic E-state index is 12.5. The molecular formula is C14H11Cl3N4O3. The average molecular weight is 390 g/mol. The van der Waals surface area contributed by atoms with E-state index in [0.29, 0.717) is 22.9 Å². The highest BCUT2D eigenvalue weighted by atomic mass is 35.5. The van der Waals surface area contributed by atoms with Crippen molar-refractivity contribution in [3.05, 3.63) is 33.2 Å². The molecule has 1 aliphatic heterocycles. The van der Waals surface area contributed by atoms with Crippen LogP contribution in [0.2, 0.25) is 15.3 Å². The number of hydrogen-bond acceptors (Lipinski definition) is 5. The molecule has 7 nitrogen and oxygen atoms in total. The molecule has 2 heterocycles.